The van der Waals surface area contributed by atoms with Gasteiger partial charge in [0.05, 0.1) is 0 Å². The second-order valence-corrected chi connectivity index (χ2v) is 13.2. The summed E-state index contributed by atoms with van der Waals surface area (Å²) in [6, 6.07) is 48.8. The van der Waals surface area contributed by atoms with E-state index in [4.69, 9.17) is 58.6 Å². The molecular weight excluding hydrogens is 653 g/mol. The molecule has 0 N–H and O–H groups in total. The number of fused-ring (bicyclic) bond motifs is 3. The molecule has 9 aromatic rings. The molecule has 9 heteroatoms. The van der Waals surface area contributed by atoms with Gasteiger partial charge in [-0.1, -0.05) is 132 Å². The number of hydrogen-bond acceptors (Lipinski definition) is 4. The van der Waals surface area contributed by atoms with E-state index >= 15 is 0 Å². The van der Waals surface area contributed by atoms with Crippen LogP contribution in [0.5, 0.6) is 0 Å². The fourth-order valence-electron chi connectivity index (χ4n) is 6.88. The lowest BCUT2D eigenvalue weighted by molar-refractivity contribution is 0.669. The lowest BCUT2D eigenvalue weighted by atomic mass is 9.59. The van der Waals surface area contributed by atoms with Crippen LogP contribution in [0.1, 0.15) is 0 Å². The molecule has 0 amide bonds. The van der Waals surface area contributed by atoms with Gasteiger partial charge in [-0.15, -0.1) is 16.4 Å². The molecule has 10 radical (unpaired) electrons. The summed E-state index contributed by atoms with van der Waals surface area (Å²) in [6.07, 6.45) is 0. The van der Waals surface area contributed by atoms with Crippen molar-refractivity contribution < 1.29 is 4.42 Å². The molecule has 0 aliphatic heterocycles. The van der Waals surface area contributed by atoms with E-state index in [1.165, 1.54) is 11.1 Å². The van der Waals surface area contributed by atoms with E-state index in [1.54, 1.807) is 0 Å². The molecule has 2 heterocycles. The summed E-state index contributed by atoms with van der Waals surface area (Å²) in [5, 5.41) is 2.04. The minimum absolute atomic E-state index is 0.173. The quantitative estimate of drug-likeness (QED) is 0.211. The normalized spacial score (nSPS) is 11.3. The summed E-state index contributed by atoms with van der Waals surface area (Å²) in [6.45, 7) is 0. The van der Waals surface area contributed by atoms with Crippen molar-refractivity contribution in [1.29, 1.82) is 0 Å². The van der Waals surface area contributed by atoms with Gasteiger partial charge in [-0.05, 0) is 57.6 Å². The molecule has 0 bridgehead atoms. The SMILES string of the molecule is [B]c1c([B])c([B])c(-c2ccc(-c3nc(-c4ccccc4)nc(-c4ccc5c(c4)oc4ccc(-c6ccc(-c7ccccc7)cc6)cc45)n3)cc2)c([B])c1[B]. The predicted octanol–water partition coefficient (Wildman–Crippen LogP) is 5.74. The monoisotopic (exact) mass is 677 g/mol. The number of hydrogen-bond donors (Lipinski definition) is 0. The van der Waals surface area contributed by atoms with Crippen molar-refractivity contribution in [3.8, 4) is 67.5 Å². The second kappa shape index (κ2) is 13.6. The lowest BCUT2D eigenvalue weighted by Crippen LogP contribution is -2.55. The third-order valence-electron chi connectivity index (χ3n) is 9.85. The van der Waals surface area contributed by atoms with Gasteiger partial charge in [0.25, 0.3) is 0 Å². The van der Waals surface area contributed by atoms with E-state index in [1.807, 2.05) is 78.9 Å². The van der Waals surface area contributed by atoms with Crippen LogP contribution in [0.15, 0.2) is 150 Å². The molecule has 2 aromatic heterocycles. The fraction of sp³-hybridized carbons (Fsp3) is 0. The van der Waals surface area contributed by atoms with Crippen LogP contribution in [0, 0.1) is 0 Å². The van der Waals surface area contributed by atoms with Crippen LogP contribution in [0.25, 0.3) is 89.5 Å². The van der Waals surface area contributed by atoms with Crippen molar-refractivity contribution in [3.05, 3.63) is 146 Å². The standard InChI is InChI=1S/C45H24B5N3O/c46-38-37(39(47)41(49)42(50)40(38)48)28-15-17-30(18-16-28)44-51-43(29-9-5-2-6-10-29)52-45(53-44)32-19-21-33-34-23-31(20-22-35(34)54-36(33)24-32)27-13-11-26(12-14-27)25-7-3-1-4-8-25/h1-24H. The zero-order valence-electron chi connectivity index (χ0n) is 29.0. The summed E-state index contributed by atoms with van der Waals surface area (Å²) in [5.41, 5.74) is 11.0. The maximum atomic E-state index is 6.39. The average molecular weight is 677 g/mol. The first-order valence-electron chi connectivity index (χ1n) is 17.4. The van der Waals surface area contributed by atoms with Crippen LogP contribution in [-0.2, 0) is 0 Å². The maximum Gasteiger partial charge on any atom is 0.164 e. The second-order valence-electron chi connectivity index (χ2n) is 13.2. The molecule has 0 saturated heterocycles. The molecule has 0 unspecified atom stereocenters. The molecular formula is C45H24B5N3O. The van der Waals surface area contributed by atoms with Gasteiger partial charge >= 0.3 is 0 Å². The Bertz CT molecular complexity index is 2830. The Morgan fingerprint density at radius 3 is 1.35 bits per heavy atom. The Morgan fingerprint density at radius 1 is 0.315 bits per heavy atom. The van der Waals surface area contributed by atoms with Crippen LogP contribution >= 0.6 is 0 Å². The van der Waals surface area contributed by atoms with E-state index in [9.17, 15) is 0 Å². The molecule has 54 heavy (non-hydrogen) atoms. The van der Waals surface area contributed by atoms with E-state index in [0.29, 0.717) is 23.0 Å². The maximum absolute atomic E-state index is 6.39. The van der Waals surface area contributed by atoms with Gasteiger partial charge in [0, 0.05) is 27.5 Å². The third-order valence-corrected chi connectivity index (χ3v) is 9.85. The highest BCUT2D eigenvalue weighted by molar-refractivity contribution is 6.68. The van der Waals surface area contributed by atoms with Crippen LogP contribution < -0.4 is 27.3 Å². The number of benzene rings is 7. The van der Waals surface area contributed by atoms with E-state index < -0.39 is 0 Å². The number of rotatable bonds is 6. The Kier molecular flexibility index (Phi) is 8.43. The number of nitrogens with zero attached hydrogens (tertiary/aromatic N) is 3. The van der Waals surface area contributed by atoms with Gasteiger partial charge in [-0.25, -0.2) is 15.0 Å². The smallest absolute Gasteiger partial charge is 0.164 e. The Morgan fingerprint density at radius 2 is 0.741 bits per heavy atom. The van der Waals surface area contributed by atoms with E-state index in [2.05, 4.69) is 66.7 Å². The van der Waals surface area contributed by atoms with Gasteiger partial charge in [-0.2, -0.15) is 0 Å². The van der Waals surface area contributed by atoms with E-state index in [0.717, 1.165) is 55.3 Å². The van der Waals surface area contributed by atoms with Crippen LogP contribution in [0.2, 0.25) is 0 Å². The van der Waals surface area contributed by atoms with Crippen molar-refractivity contribution in [1.82, 2.24) is 15.0 Å². The largest absolute Gasteiger partial charge is 0.456 e. The number of furan rings is 1. The summed E-state index contributed by atoms with van der Waals surface area (Å²) in [7, 11) is 31.0. The minimum Gasteiger partial charge on any atom is -0.456 e. The van der Waals surface area contributed by atoms with Crippen molar-refractivity contribution in [3.63, 3.8) is 0 Å². The van der Waals surface area contributed by atoms with Gasteiger partial charge < -0.3 is 4.42 Å². The highest BCUT2D eigenvalue weighted by atomic mass is 16.3. The summed E-state index contributed by atoms with van der Waals surface area (Å²) < 4.78 is 6.39. The zero-order valence-corrected chi connectivity index (χ0v) is 29.0. The zero-order chi connectivity index (χ0) is 36.9. The van der Waals surface area contributed by atoms with Crippen molar-refractivity contribution in [2.24, 2.45) is 0 Å². The third kappa shape index (κ3) is 5.96. The molecule has 7 aromatic carbocycles. The molecule has 0 aliphatic carbocycles. The number of aromatic nitrogens is 3. The van der Waals surface area contributed by atoms with Crippen molar-refractivity contribution in [2.75, 3.05) is 0 Å². The molecule has 9 rings (SSSR count). The highest BCUT2D eigenvalue weighted by Crippen LogP contribution is 2.35. The first-order chi connectivity index (χ1) is 26.3. The first kappa shape index (κ1) is 33.5. The predicted molar refractivity (Wildman–Crippen MR) is 227 cm³/mol. The Balaban J connectivity index is 1.09. The molecule has 240 valence electrons. The molecule has 0 atom stereocenters. The topological polar surface area (TPSA) is 51.8 Å². The van der Waals surface area contributed by atoms with Crippen molar-refractivity contribution >= 4 is 88.5 Å². The lowest BCUT2D eigenvalue weighted by Gasteiger charge is -2.21. The molecule has 0 spiro atoms. The van der Waals surface area contributed by atoms with Crippen molar-refractivity contribution in [2.45, 2.75) is 0 Å². The van der Waals surface area contributed by atoms with Gasteiger partial charge in [0.1, 0.15) is 50.4 Å². The Labute approximate surface area is 319 Å². The fourth-order valence-corrected chi connectivity index (χ4v) is 6.88. The van der Waals surface area contributed by atoms with E-state index in [-0.39, 0.29) is 27.3 Å². The van der Waals surface area contributed by atoms with Crippen LogP contribution in [0.4, 0.5) is 0 Å². The van der Waals surface area contributed by atoms with Gasteiger partial charge in [-0.3, -0.25) is 0 Å². The highest BCUT2D eigenvalue weighted by Gasteiger charge is 2.17. The molecule has 0 fully saturated rings. The van der Waals surface area contributed by atoms with Crippen LogP contribution in [-0.4, -0.2) is 54.2 Å². The molecule has 4 nitrogen and oxygen atoms in total. The minimum atomic E-state index is 0.173. The van der Waals surface area contributed by atoms with Gasteiger partial charge in [0.15, 0.2) is 17.5 Å². The molecule has 0 aliphatic rings. The summed E-state index contributed by atoms with van der Waals surface area (Å²) in [4.78, 5) is 14.8. The first-order valence-corrected chi connectivity index (χ1v) is 17.4. The van der Waals surface area contributed by atoms with Crippen LogP contribution in [0.3, 0.4) is 0 Å². The van der Waals surface area contributed by atoms with Gasteiger partial charge in [0.2, 0.25) is 0 Å². The summed E-state index contributed by atoms with van der Waals surface area (Å²) >= 11 is 0. The average Bonchev–Trinajstić information content (AvgIpc) is 3.60. The molecule has 0 saturated carbocycles. The summed E-state index contributed by atoms with van der Waals surface area (Å²) in [5.74, 6) is 1.55. The Hall–Kier alpha value is -6.33.